The molecule has 0 radical (unpaired) electrons. The molecular weight excluding hydrogens is 785 g/mol. The summed E-state index contributed by atoms with van der Waals surface area (Å²) < 4.78 is 10.4. The van der Waals surface area contributed by atoms with E-state index in [1.54, 1.807) is 13.1 Å². The summed E-state index contributed by atoms with van der Waals surface area (Å²) in [6, 6.07) is 34.2. The van der Waals surface area contributed by atoms with E-state index in [0.717, 1.165) is 70.7 Å². The van der Waals surface area contributed by atoms with Crippen LogP contribution in [0.15, 0.2) is 122 Å². The highest BCUT2D eigenvalue weighted by atomic mass is 16.6. The quantitative estimate of drug-likeness (QED) is 0.0893. The first-order chi connectivity index (χ1) is 30.1. The molecule has 14 heteroatoms. The first-order valence-electron chi connectivity index (χ1n) is 20.9. The van der Waals surface area contributed by atoms with Crippen LogP contribution in [0.3, 0.4) is 0 Å². The van der Waals surface area contributed by atoms with Crippen LogP contribution in [0.25, 0.3) is 33.6 Å². The highest BCUT2D eigenvalue weighted by Gasteiger charge is 2.39. The number of nitrogens with two attached hydrogens (primary N) is 1. The highest BCUT2D eigenvalue weighted by molar-refractivity contribution is 5.80. The summed E-state index contributed by atoms with van der Waals surface area (Å²) in [7, 11) is 1.31. The molecule has 2 fully saturated rings. The maximum absolute atomic E-state index is 13.8. The van der Waals surface area contributed by atoms with Gasteiger partial charge in [0.05, 0.1) is 61.9 Å². The average Bonchev–Trinajstić information content (AvgIpc) is 4.14. The molecule has 0 aliphatic carbocycles. The van der Waals surface area contributed by atoms with Gasteiger partial charge in [-0.3, -0.25) is 9.59 Å². The third-order valence-electron chi connectivity index (χ3n) is 12.0. The van der Waals surface area contributed by atoms with Gasteiger partial charge in [-0.2, -0.15) is 0 Å². The summed E-state index contributed by atoms with van der Waals surface area (Å²) in [6.45, 7) is 2.90. The number of H-pyrrole nitrogens is 2. The second-order valence-electron chi connectivity index (χ2n) is 16.0. The van der Waals surface area contributed by atoms with Crippen LogP contribution in [-0.4, -0.2) is 73.9 Å². The summed E-state index contributed by atoms with van der Waals surface area (Å²) in [4.78, 5) is 71.5. The molecule has 62 heavy (non-hydrogen) atoms. The van der Waals surface area contributed by atoms with Crippen LogP contribution in [0, 0.1) is 0 Å². The molecule has 8 rings (SSSR count). The Morgan fingerprint density at radius 2 is 1.21 bits per heavy atom. The van der Waals surface area contributed by atoms with E-state index in [1.807, 2.05) is 88.8 Å². The Kier molecular flexibility index (Phi) is 12.2. The van der Waals surface area contributed by atoms with Crippen LogP contribution in [0.5, 0.6) is 0 Å². The predicted molar refractivity (Wildman–Crippen MR) is 233 cm³/mol. The molecule has 2 aromatic heterocycles. The summed E-state index contributed by atoms with van der Waals surface area (Å²) >= 11 is 0. The molecule has 4 amide bonds. The second kappa shape index (κ2) is 18.2. The lowest BCUT2D eigenvalue weighted by Crippen LogP contribution is -2.40. The third kappa shape index (κ3) is 9.09. The standard InChI is InChI=1S/C48H50N8O6/c1-48(62-46(49)59,36-13-7-4-8-14-36)28-43(58)56-26-10-16-41(56)45-51-30-39(53-45)35-23-19-32(20-24-35)31-17-21-34(22-18-31)38-29-50-44(52-38)40-15-9-25-55(40)42(57)27-37(54-47(60)61-2)33-11-5-3-6-12-33/h3-8,11-14,17-24,29-30,37,40-41H,9-10,15-16,25-28H2,1-2H3,(H2,49,59)(H,50,52)(H,51,53)(H,54,60)/t37-,40?,41+,48-/m1/s1. The minimum atomic E-state index is -1.21. The molecule has 4 atom stereocenters. The van der Waals surface area contributed by atoms with Gasteiger partial charge in [-0.05, 0) is 66.0 Å². The van der Waals surface area contributed by atoms with Gasteiger partial charge in [0, 0.05) is 13.1 Å². The van der Waals surface area contributed by atoms with E-state index in [4.69, 9.17) is 25.2 Å². The molecule has 318 valence electrons. The van der Waals surface area contributed by atoms with E-state index in [1.165, 1.54) is 7.11 Å². The normalized spacial score (nSPS) is 17.6. The molecule has 0 bridgehead atoms. The minimum absolute atomic E-state index is 0.0485. The maximum Gasteiger partial charge on any atom is 0.407 e. The number of hydrogen-bond donors (Lipinski definition) is 4. The Balaban J connectivity index is 0.901. The molecule has 2 saturated heterocycles. The van der Waals surface area contributed by atoms with Gasteiger partial charge in [0.1, 0.15) is 17.2 Å². The summed E-state index contributed by atoms with van der Waals surface area (Å²) in [5.41, 5.74) is 11.5. The third-order valence-corrected chi connectivity index (χ3v) is 12.0. The number of carbonyl (C=O) groups excluding carboxylic acids is 4. The number of alkyl carbamates (subject to hydrolysis) is 1. The number of amides is 4. The zero-order valence-corrected chi connectivity index (χ0v) is 34.8. The number of primary amides is 1. The molecule has 14 nitrogen and oxygen atoms in total. The Morgan fingerprint density at radius 3 is 1.71 bits per heavy atom. The van der Waals surface area contributed by atoms with E-state index in [-0.39, 0.29) is 36.7 Å². The molecule has 2 aliphatic rings. The molecule has 5 N–H and O–H groups in total. The number of benzene rings is 4. The van der Waals surface area contributed by atoms with Gasteiger partial charge >= 0.3 is 12.2 Å². The number of rotatable bonds is 13. The predicted octanol–water partition coefficient (Wildman–Crippen LogP) is 8.35. The number of aromatic amines is 2. The highest BCUT2D eigenvalue weighted by Crippen LogP contribution is 2.37. The van der Waals surface area contributed by atoms with Gasteiger partial charge in [0.25, 0.3) is 0 Å². The number of nitrogens with one attached hydrogen (secondary N) is 3. The fraction of sp³-hybridized carbons (Fsp3) is 0.292. The molecule has 0 spiro atoms. The van der Waals surface area contributed by atoms with Crippen molar-refractivity contribution in [2.75, 3.05) is 20.2 Å². The van der Waals surface area contributed by atoms with Crippen LogP contribution in [-0.2, 0) is 24.7 Å². The van der Waals surface area contributed by atoms with E-state index < -0.39 is 23.8 Å². The van der Waals surface area contributed by atoms with Gasteiger partial charge in [-0.1, -0.05) is 109 Å². The summed E-state index contributed by atoms with van der Waals surface area (Å²) in [6.07, 6.45) is 5.37. The molecule has 2 aliphatic heterocycles. The van der Waals surface area contributed by atoms with Crippen molar-refractivity contribution in [2.24, 2.45) is 5.73 Å². The lowest BCUT2D eigenvalue weighted by atomic mass is 9.91. The summed E-state index contributed by atoms with van der Waals surface area (Å²) in [5, 5.41) is 2.81. The molecule has 4 heterocycles. The van der Waals surface area contributed by atoms with Crippen LogP contribution in [0.4, 0.5) is 9.59 Å². The van der Waals surface area contributed by atoms with Gasteiger partial charge in [-0.15, -0.1) is 0 Å². The zero-order valence-electron chi connectivity index (χ0n) is 34.8. The number of nitrogens with zero attached hydrogens (tertiary/aromatic N) is 4. The van der Waals surface area contributed by atoms with Crippen LogP contribution >= 0.6 is 0 Å². The monoisotopic (exact) mass is 834 g/mol. The smallest absolute Gasteiger partial charge is 0.407 e. The number of carbonyl (C=O) groups is 4. The van der Waals surface area contributed by atoms with Gasteiger partial charge in [-0.25, -0.2) is 19.6 Å². The second-order valence-corrected chi connectivity index (χ2v) is 16.0. The fourth-order valence-electron chi connectivity index (χ4n) is 8.72. The van der Waals surface area contributed by atoms with Crippen LogP contribution in [0.2, 0.25) is 0 Å². The zero-order chi connectivity index (χ0) is 43.2. The van der Waals surface area contributed by atoms with Crippen LogP contribution in [0.1, 0.15) is 86.3 Å². The summed E-state index contributed by atoms with van der Waals surface area (Å²) in [5.74, 6) is 1.23. The number of aromatic nitrogens is 4. The number of methoxy groups -OCH3 is 1. The van der Waals surface area contributed by atoms with Crippen molar-refractivity contribution < 1.29 is 28.7 Å². The topological polar surface area (TPSA) is 189 Å². The number of likely N-dealkylation sites (tertiary alicyclic amines) is 2. The number of hydrogen-bond acceptors (Lipinski definition) is 8. The maximum atomic E-state index is 13.8. The molecular formula is C48H50N8O6. The first-order valence-corrected chi connectivity index (χ1v) is 20.9. The average molecular weight is 835 g/mol. The van der Waals surface area contributed by atoms with Crippen molar-refractivity contribution in [1.82, 2.24) is 35.1 Å². The van der Waals surface area contributed by atoms with E-state index in [9.17, 15) is 19.2 Å². The molecule has 4 aromatic carbocycles. The van der Waals surface area contributed by atoms with Gasteiger partial charge in [0.2, 0.25) is 11.8 Å². The van der Waals surface area contributed by atoms with Crippen molar-refractivity contribution in [3.8, 4) is 33.6 Å². The van der Waals surface area contributed by atoms with Crippen molar-refractivity contribution in [3.63, 3.8) is 0 Å². The van der Waals surface area contributed by atoms with Crippen molar-refractivity contribution >= 4 is 24.0 Å². The Bertz CT molecular complexity index is 2510. The Hall–Kier alpha value is -7.22. The number of imidazole rings is 2. The van der Waals surface area contributed by atoms with Gasteiger partial charge in [0.15, 0.2) is 0 Å². The van der Waals surface area contributed by atoms with Crippen molar-refractivity contribution in [2.45, 2.75) is 69.2 Å². The van der Waals surface area contributed by atoms with E-state index >= 15 is 0 Å². The molecule has 1 unspecified atom stereocenters. The Morgan fingerprint density at radius 1 is 0.726 bits per heavy atom. The van der Waals surface area contributed by atoms with Gasteiger partial charge < -0.3 is 40.3 Å². The fourth-order valence-corrected chi connectivity index (χ4v) is 8.72. The van der Waals surface area contributed by atoms with Crippen molar-refractivity contribution in [1.29, 1.82) is 0 Å². The molecule has 0 saturated carbocycles. The molecule has 6 aromatic rings. The first kappa shape index (κ1) is 41.5. The SMILES string of the molecule is COC(=O)N[C@H](CC(=O)N1CCCC1c1ncc(-c2ccc(-c3ccc(-c4cnc([C@@H]5CCCN5C(=O)C[C@@](C)(OC(N)=O)c5ccccc5)[nH]4)cc3)cc2)[nH]1)c1ccccc1. The lowest BCUT2D eigenvalue weighted by Gasteiger charge is -2.32. The largest absolute Gasteiger partial charge is 0.453 e. The minimum Gasteiger partial charge on any atom is -0.453 e. The number of ether oxygens (including phenoxy) is 2. The van der Waals surface area contributed by atoms with E-state index in [0.29, 0.717) is 24.5 Å². The van der Waals surface area contributed by atoms with E-state index in [2.05, 4.69) is 51.7 Å². The Labute approximate surface area is 359 Å². The lowest BCUT2D eigenvalue weighted by molar-refractivity contribution is -0.137. The van der Waals surface area contributed by atoms with Crippen molar-refractivity contribution in [3.05, 3.63) is 144 Å². The van der Waals surface area contributed by atoms with Crippen LogP contribution < -0.4 is 11.1 Å².